The van der Waals surface area contributed by atoms with Crippen molar-refractivity contribution in [3.63, 3.8) is 0 Å². The molecule has 0 amide bonds. The van der Waals surface area contributed by atoms with Crippen molar-refractivity contribution in [2.24, 2.45) is 39.7 Å². The summed E-state index contributed by atoms with van der Waals surface area (Å²) in [6.07, 6.45) is 8.35. The zero-order valence-electron chi connectivity index (χ0n) is 17.2. The van der Waals surface area contributed by atoms with Gasteiger partial charge >= 0.3 is 5.97 Å². The van der Waals surface area contributed by atoms with Crippen molar-refractivity contribution in [1.29, 1.82) is 5.26 Å². The fourth-order valence-corrected chi connectivity index (χ4v) is 8.65. The summed E-state index contributed by atoms with van der Waals surface area (Å²) in [7, 11) is 0. The predicted octanol–water partition coefficient (Wildman–Crippen LogP) is 3.55. The van der Waals surface area contributed by atoms with Gasteiger partial charge in [0.1, 0.15) is 11.4 Å². The number of esters is 1. The molecule has 0 aromatic rings. The Morgan fingerprint density at radius 2 is 2.00 bits per heavy atom. The van der Waals surface area contributed by atoms with Gasteiger partial charge in [-0.15, -0.1) is 0 Å². The van der Waals surface area contributed by atoms with E-state index in [0.717, 1.165) is 37.7 Å². The second kappa shape index (κ2) is 4.96. The van der Waals surface area contributed by atoms with E-state index in [1.54, 1.807) is 0 Å². The van der Waals surface area contributed by atoms with E-state index in [-0.39, 0.29) is 34.1 Å². The molecule has 6 rings (SSSR count). The quantitative estimate of drug-likeness (QED) is 0.503. The monoisotopic (exact) mass is 392 g/mol. The number of hydrogen-bond acceptors (Lipinski definition) is 5. The molecule has 5 aliphatic carbocycles. The lowest BCUT2D eigenvalue weighted by Gasteiger charge is -2.58. The molecule has 1 spiro atoms. The molecule has 6 aliphatic rings. The van der Waals surface area contributed by atoms with Crippen molar-refractivity contribution in [3.8, 4) is 6.07 Å². The summed E-state index contributed by atoms with van der Waals surface area (Å²) >= 11 is 0. The van der Waals surface area contributed by atoms with Crippen molar-refractivity contribution in [1.82, 2.24) is 0 Å². The van der Waals surface area contributed by atoms with Crippen molar-refractivity contribution in [3.05, 3.63) is 22.9 Å². The second-order valence-electron chi connectivity index (χ2n) is 10.8. The summed E-state index contributed by atoms with van der Waals surface area (Å²) in [6.45, 7) is 4.51. The van der Waals surface area contributed by atoms with Crippen LogP contribution in [0.2, 0.25) is 0 Å². The highest BCUT2D eigenvalue weighted by molar-refractivity contribution is 5.88. The number of ketones is 1. The first-order chi connectivity index (χ1) is 13.7. The molecule has 6 unspecified atom stereocenters. The average molecular weight is 392 g/mol. The van der Waals surface area contributed by atoms with Gasteiger partial charge in [-0.25, -0.2) is 0 Å². The Balaban J connectivity index is 1.56. The third kappa shape index (κ3) is 1.64. The summed E-state index contributed by atoms with van der Waals surface area (Å²) in [5, 5.41) is 10.3. The van der Waals surface area contributed by atoms with Gasteiger partial charge in [0.15, 0.2) is 0 Å². The van der Waals surface area contributed by atoms with Gasteiger partial charge in [-0.05, 0) is 50.0 Å². The van der Waals surface area contributed by atoms with E-state index in [1.165, 1.54) is 5.57 Å². The van der Waals surface area contributed by atoms with Crippen molar-refractivity contribution in [2.45, 2.75) is 70.8 Å². The fourth-order valence-electron chi connectivity index (χ4n) is 8.65. The van der Waals surface area contributed by atoms with E-state index in [0.29, 0.717) is 30.9 Å². The van der Waals surface area contributed by atoms with Crippen LogP contribution in [0.5, 0.6) is 0 Å². The van der Waals surface area contributed by atoms with Crippen LogP contribution in [0.4, 0.5) is 0 Å². The number of Topliss-reactive ketones (excluding diaryl/α,β-unsaturated/α-hetero) is 1. The minimum absolute atomic E-state index is 0.0678. The third-order valence-corrected chi connectivity index (χ3v) is 10.3. The van der Waals surface area contributed by atoms with Gasteiger partial charge < -0.3 is 10.5 Å². The highest BCUT2D eigenvalue weighted by atomic mass is 16.6. The smallest absolute Gasteiger partial charge is 0.306 e. The Labute approximate surface area is 171 Å². The second-order valence-corrected chi connectivity index (χ2v) is 10.8. The van der Waals surface area contributed by atoms with Crippen LogP contribution in [-0.2, 0) is 14.3 Å². The maximum atomic E-state index is 12.9. The summed E-state index contributed by atoms with van der Waals surface area (Å²) in [5.41, 5.74) is 8.37. The van der Waals surface area contributed by atoms with E-state index in [1.807, 2.05) is 0 Å². The summed E-state index contributed by atoms with van der Waals surface area (Å²) in [5.74, 6) is 0.173. The number of nitrogens with zero attached hydrogens (tertiary/aromatic N) is 1. The standard InChI is InChI=1S/C24H28N2O3/c1-21-8-5-16(27)19-20(26)13(11-23(19,21)12-25)18-14(21)3-7-22(2)15(18)4-9-24(22)10-6-17(28)29-24/h3,15,18-19H,4-11,26H2,1-2H3/t15?,18?,19?,21?,22?,23?,24-/m1/s1. The lowest BCUT2D eigenvalue weighted by Crippen LogP contribution is -2.56. The Morgan fingerprint density at radius 1 is 1.21 bits per heavy atom. The van der Waals surface area contributed by atoms with Crippen LogP contribution in [0.25, 0.3) is 0 Å². The topological polar surface area (TPSA) is 93.2 Å². The van der Waals surface area contributed by atoms with Crippen LogP contribution >= 0.6 is 0 Å². The number of carbonyl (C=O) groups is 2. The third-order valence-electron chi connectivity index (χ3n) is 10.3. The highest BCUT2D eigenvalue weighted by Gasteiger charge is 2.73. The molecule has 0 aromatic heterocycles. The number of ether oxygens (including phenoxy) is 1. The Kier molecular flexibility index (Phi) is 3.04. The van der Waals surface area contributed by atoms with Crippen molar-refractivity contribution in [2.75, 3.05) is 0 Å². The van der Waals surface area contributed by atoms with Crippen LogP contribution in [0.1, 0.15) is 65.2 Å². The summed E-state index contributed by atoms with van der Waals surface area (Å²) < 4.78 is 6.02. The van der Waals surface area contributed by atoms with Gasteiger partial charge in [0.05, 0.1) is 17.4 Å². The zero-order valence-corrected chi connectivity index (χ0v) is 17.2. The number of nitrogens with two attached hydrogens (primary N) is 1. The van der Waals surface area contributed by atoms with Gasteiger partial charge in [-0.1, -0.05) is 25.5 Å². The maximum Gasteiger partial charge on any atom is 0.306 e. The van der Waals surface area contributed by atoms with E-state index >= 15 is 0 Å². The number of hydrogen-bond donors (Lipinski definition) is 1. The molecule has 3 saturated carbocycles. The molecular weight excluding hydrogens is 364 g/mol. The van der Waals surface area contributed by atoms with Crippen LogP contribution < -0.4 is 5.73 Å². The van der Waals surface area contributed by atoms with Crippen LogP contribution in [-0.4, -0.2) is 17.4 Å². The molecule has 0 radical (unpaired) electrons. The molecule has 1 heterocycles. The minimum Gasteiger partial charge on any atom is -0.458 e. The minimum atomic E-state index is -0.714. The molecule has 1 aliphatic heterocycles. The molecule has 0 aromatic carbocycles. The van der Waals surface area contributed by atoms with Crippen LogP contribution in [0.15, 0.2) is 22.9 Å². The van der Waals surface area contributed by atoms with Gasteiger partial charge in [-0.2, -0.15) is 5.26 Å². The molecule has 2 N–H and O–H groups in total. The van der Waals surface area contributed by atoms with Gasteiger partial charge in [0.25, 0.3) is 0 Å². The molecule has 5 heteroatoms. The van der Waals surface area contributed by atoms with E-state index in [9.17, 15) is 14.9 Å². The maximum absolute atomic E-state index is 12.9. The first kappa shape index (κ1) is 17.7. The molecule has 1 saturated heterocycles. The molecular formula is C24H28N2O3. The van der Waals surface area contributed by atoms with Crippen LogP contribution in [0.3, 0.4) is 0 Å². The lowest BCUT2D eigenvalue weighted by atomic mass is 9.43. The number of rotatable bonds is 0. The SMILES string of the molecule is CC12CCC(=O)C3C(N)=C(CC31C#N)C1C2=CCC2(C)C1CC[C@@]21CCC(=O)O1. The zero-order chi connectivity index (χ0) is 20.4. The molecule has 29 heavy (non-hydrogen) atoms. The Hall–Kier alpha value is -2.09. The fraction of sp³-hybridized carbons (Fsp3) is 0.708. The number of nitriles is 1. The number of fused-ring (bicyclic) bond motifs is 7. The first-order valence-electron chi connectivity index (χ1n) is 11.1. The van der Waals surface area contributed by atoms with Crippen LogP contribution in [0, 0.1) is 45.3 Å². The van der Waals surface area contributed by atoms with E-state index in [2.05, 4.69) is 26.0 Å². The molecule has 2 bridgehead atoms. The van der Waals surface area contributed by atoms with E-state index in [4.69, 9.17) is 10.5 Å². The Morgan fingerprint density at radius 3 is 2.69 bits per heavy atom. The first-order valence-corrected chi connectivity index (χ1v) is 11.1. The normalized spacial score (nSPS) is 52.2. The number of allylic oxidation sites excluding steroid dienone is 4. The van der Waals surface area contributed by atoms with Gasteiger partial charge in [-0.3, -0.25) is 9.59 Å². The van der Waals surface area contributed by atoms with Gasteiger partial charge in [0.2, 0.25) is 0 Å². The van der Waals surface area contributed by atoms with E-state index < -0.39 is 11.3 Å². The average Bonchev–Trinajstić information content (AvgIpc) is 3.31. The lowest BCUT2D eigenvalue weighted by molar-refractivity contribution is -0.160. The van der Waals surface area contributed by atoms with Gasteiger partial charge in [0, 0.05) is 35.3 Å². The summed E-state index contributed by atoms with van der Waals surface area (Å²) in [4.78, 5) is 25.0. The van der Waals surface area contributed by atoms with Crippen molar-refractivity contribution >= 4 is 11.8 Å². The molecule has 152 valence electrons. The summed E-state index contributed by atoms with van der Waals surface area (Å²) in [6, 6.07) is 2.62. The molecule has 7 atom stereocenters. The Bertz CT molecular complexity index is 989. The molecule has 5 nitrogen and oxygen atoms in total. The largest absolute Gasteiger partial charge is 0.458 e. The van der Waals surface area contributed by atoms with Crippen molar-refractivity contribution < 1.29 is 14.3 Å². The number of carbonyl (C=O) groups excluding carboxylic acids is 2. The molecule has 4 fully saturated rings. The highest BCUT2D eigenvalue weighted by Crippen LogP contribution is 2.75. The predicted molar refractivity (Wildman–Crippen MR) is 105 cm³/mol.